The van der Waals surface area contributed by atoms with Gasteiger partial charge in [0.15, 0.2) is 0 Å². The molecule has 33 heavy (non-hydrogen) atoms. The number of carbonyl (C=O) groups excluding carboxylic acids is 2. The van der Waals surface area contributed by atoms with Crippen molar-refractivity contribution in [2.45, 2.75) is 41.5 Å². The Labute approximate surface area is 207 Å². The van der Waals surface area contributed by atoms with Gasteiger partial charge < -0.3 is 39.9 Å². The number of rotatable bonds is 4. The maximum Gasteiger partial charge on any atom is 0.129 e. The minimum Gasteiger partial charge on any atom is -0.748 e. The Kier molecular flexibility index (Phi) is 8.93. The van der Waals surface area contributed by atoms with Crippen LogP contribution in [0.3, 0.4) is 0 Å². The third-order valence-electron chi connectivity index (χ3n) is 5.67. The van der Waals surface area contributed by atoms with E-state index in [1.165, 1.54) is 0 Å². The summed E-state index contributed by atoms with van der Waals surface area (Å²) in [6.07, 6.45) is 0. The number of benzene rings is 2. The van der Waals surface area contributed by atoms with Gasteiger partial charge in [-0.25, -0.2) is 0 Å². The summed E-state index contributed by atoms with van der Waals surface area (Å²) in [6, 6.07) is 23.4. The van der Waals surface area contributed by atoms with E-state index in [0.29, 0.717) is 22.3 Å². The van der Waals surface area contributed by atoms with E-state index in [4.69, 9.17) is 0 Å². The molecule has 0 aliphatic heterocycles. The Bertz CT molecular complexity index is 1110. The van der Waals surface area contributed by atoms with Crippen LogP contribution in [-0.2, 0) is 17.1 Å². The molecule has 0 radical (unpaired) electrons. The van der Waals surface area contributed by atoms with Gasteiger partial charge in [-0.1, -0.05) is 52.1 Å². The first kappa shape index (κ1) is 26.3. The minimum atomic E-state index is -0.0826. The van der Waals surface area contributed by atoms with E-state index in [9.17, 15) is 9.59 Å². The molecule has 0 aliphatic carbocycles. The molecule has 3 heteroatoms. The van der Waals surface area contributed by atoms with Crippen LogP contribution < -0.4 is 0 Å². The summed E-state index contributed by atoms with van der Waals surface area (Å²) in [5.74, 6) is -0.165. The SMILES string of the molecule is Cc1cc(C)c(C(=O)c2ccc[c-]2C(=O)c2c(C)cc(C)cc2C)c(C)c1.[Fe].[cH-]1[cH-][cH-][cH-][cH-]1. The van der Waals surface area contributed by atoms with E-state index < -0.39 is 0 Å². The first-order chi connectivity index (χ1) is 15.2. The molecule has 0 saturated carbocycles. The van der Waals surface area contributed by atoms with Gasteiger partial charge in [-0.05, 0) is 69.4 Å². The van der Waals surface area contributed by atoms with Crippen molar-refractivity contribution in [3.63, 3.8) is 0 Å². The Balaban J connectivity index is 0.000000568. The zero-order valence-corrected chi connectivity index (χ0v) is 21.2. The molecule has 0 unspecified atom stereocenters. The van der Waals surface area contributed by atoms with Crippen LogP contribution in [0, 0.1) is 41.5 Å². The quantitative estimate of drug-likeness (QED) is 0.178. The van der Waals surface area contributed by atoms with Crippen LogP contribution in [0.5, 0.6) is 0 Å². The second-order valence-electron chi connectivity index (χ2n) is 8.52. The number of carbonyl (C=O) groups is 2. The van der Waals surface area contributed by atoms with Gasteiger partial charge in [0.25, 0.3) is 0 Å². The van der Waals surface area contributed by atoms with Crippen molar-refractivity contribution >= 4 is 11.6 Å². The molecule has 4 rings (SSSR count). The van der Waals surface area contributed by atoms with E-state index in [2.05, 4.69) is 0 Å². The number of hydrogen-bond acceptors (Lipinski definition) is 2. The van der Waals surface area contributed by atoms with Crippen LogP contribution in [-0.4, -0.2) is 11.6 Å². The van der Waals surface area contributed by atoms with E-state index >= 15 is 0 Å². The molecule has 0 atom stereocenters. The first-order valence-electron chi connectivity index (χ1n) is 10.9. The van der Waals surface area contributed by atoms with Crippen molar-refractivity contribution in [3.05, 3.63) is 128 Å². The monoisotopic (exact) mass is 478 g/mol. The van der Waals surface area contributed by atoms with Gasteiger partial charge in [-0.3, -0.25) is 0 Å². The summed E-state index contributed by atoms with van der Waals surface area (Å²) in [5.41, 5.74) is 8.39. The molecule has 0 spiro atoms. The average molecular weight is 478 g/mol. The summed E-state index contributed by atoms with van der Waals surface area (Å²) >= 11 is 0. The molecular formula is C30H30FeO2-6. The zero-order chi connectivity index (χ0) is 23.4. The number of aryl methyl sites for hydroxylation is 6. The predicted octanol–water partition coefficient (Wildman–Crippen LogP) is 7.12. The summed E-state index contributed by atoms with van der Waals surface area (Å²) in [6.45, 7) is 11.8. The second-order valence-corrected chi connectivity index (χ2v) is 8.52. The summed E-state index contributed by atoms with van der Waals surface area (Å²) in [5, 5.41) is 0. The Hall–Kier alpha value is -3.00. The Morgan fingerprint density at radius 1 is 0.667 bits per heavy atom. The standard InChI is InChI=1S/C25H25O2.C5H5.Fe/c1-14-10-16(3)22(17(4)11-14)24(26)20-8-7-9-21(20)25(27)23-18(5)12-15(2)13-19(23)6;1-2-4-5-3-1;/h7-13H,1-6H3;1-5H;/q-1;-5;. The van der Waals surface area contributed by atoms with E-state index in [1.54, 1.807) is 18.2 Å². The van der Waals surface area contributed by atoms with Crippen LogP contribution in [0.1, 0.15) is 65.2 Å². The summed E-state index contributed by atoms with van der Waals surface area (Å²) in [4.78, 5) is 26.6. The fraction of sp³-hybridized carbons (Fsp3) is 0.200. The topological polar surface area (TPSA) is 34.1 Å². The predicted molar refractivity (Wildman–Crippen MR) is 132 cm³/mol. The molecule has 4 aromatic rings. The number of hydrogen-bond donors (Lipinski definition) is 0. The third-order valence-corrected chi connectivity index (χ3v) is 5.67. The molecule has 0 aliphatic rings. The fourth-order valence-corrected chi connectivity index (χ4v) is 4.48. The van der Waals surface area contributed by atoms with Crippen molar-refractivity contribution in [2.75, 3.05) is 0 Å². The molecular weight excluding hydrogens is 448 g/mol. The number of ketones is 2. The Morgan fingerprint density at radius 2 is 1.06 bits per heavy atom. The molecule has 0 N–H and O–H groups in total. The first-order valence-corrected chi connectivity index (χ1v) is 10.9. The molecule has 0 fully saturated rings. The maximum atomic E-state index is 13.3. The average Bonchev–Trinajstić information content (AvgIpc) is 3.41. The molecule has 2 nitrogen and oxygen atoms in total. The van der Waals surface area contributed by atoms with E-state index in [-0.39, 0.29) is 28.6 Å². The molecule has 0 amide bonds. The molecule has 0 aromatic heterocycles. The fourth-order valence-electron chi connectivity index (χ4n) is 4.48. The van der Waals surface area contributed by atoms with Crippen LogP contribution in [0.4, 0.5) is 0 Å². The van der Waals surface area contributed by atoms with Crippen molar-refractivity contribution in [2.24, 2.45) is 0 Å². The van der Waals surface area contributed by atoms with Gasteiger partial charge in [0, 0.05) is 17.1 Å². The maximum absolute atomic E-state index is 13.3. The Morgan fingerprint density at radius 3 is 1.48 bits per heavy atom. The van der Waals surface area contributed by atoms with Crippen LogP contribution in [0.15, 0.2) is 72.8 Å². The van der Waals surface area contributed by atoms with Crippen molar-refractivity contribution < 1.29 is 26.7 Å². The normalized spacial score (nSPS) is 10.1. The summed E-state index contributed by atoms with van der Waals surface area (Å²) < 4.78 is 0. The largest absolute Gasteiger partial charge is 0.748 e. The molecule has 4 aromatic carbocycles. The zero-order valence-electron chi connectivity index (χ0n) is 20.1. The molecule has 0 saturated heterocycles. The van der Waals surface area contributed by atoms with Crippen molar-refractivity contribution in [3.8, 4) is 0 Å². The van der Waals surface area contributed by atoms with Crippen molar-refractivity contribution in [1.29, 1.82) is 0 Å². The van der Waals surface area contributed by atoms with Crippen molar-refractivity contribution in [1.82, 2.24) is 0 Å². The van der Waals surface area contributed by atoms with E-state index in [0.717, 1.165) is 33.4 Å². The van der Waals surface area contributed by atoms with Gasteiger partial charge in [0.2, 0.25) is 0 Å². The van der Waals surface area contributed by atoms with Gasteiger partial charge in [0.1, 0.15) is 11.6 Å². The molecule has 0 heterocycles. The van der Waals surface area contributed by atoms with Gasteiger partial charge in [-0.15, -0.1) is 12.1 Å². The van der Waals surface area contributed by atoms with E-state index in [1.807, 2.05) is 96.1 Å². The van der Waals surface area contributed by atoms with Crippen LogP contribution >= 0.6 is 0 Å². The third kappa shape index (κ3) is 5.87. The smallest absolute Gasteiger partial charge is 0.129 e. The molecule has 0 bridgehead atoms. The molecule has 176 valence electrons. The van der Waals surface area contributed by atoms with Crippen LogP contribution in [0.25, 0.3) is 0 Å². The van der Waals surface area contributed by atoms with Gasteiger partial charge >= 0.3 is 0 Å². The van der Waals surface area contributed by atoms with Gasteiger partial charge in [0.05, 0.1) is 0 Å². The summed E-state index contributed by atoms with van der Waals surface area (Å²) in [7, 11) is 0. The van der Waals surface area contributed by atoms with Gasteiger partial charge in [-0.2, -0.15) is 6.07 Å². The second kappa shape index (κ2) is 11.2. The van der Waals surface area contributed by atoms with Crippen LogP contribution in [0.2, 0.25) is 0 Å². The minimum absolute atomic E-state index is 0.